The van der Waals surface area contributed by atoms with E-state index in [1.807, 2.05) is 18.2 Å². The number of ketones is 1. The fraction of sp³-hybridized carbons (Fsp3) is 0.611. The van der Waals surface area contributed by atoms with Crippen LogP contribution in [0.4, 0.5) is 0 Å². The number of aliphatic hydroxyl groups excluding tert-OH is 1. The van der Waals surface area contributed by atoms with Gasteiger partial charge in [0.05, 0.1) is 13.2 Å². The number of nitrogens with zero attached hydrogens (tertiary/aromatic N) is 1. The molecule has 0 saturated carbocycles. The van der Waals surface area contributed by atoms with Gasteiger partial charge in [-0.15, -0.1) is 0 Å². The number of benzene rings is 1. The molecule has 1 N–H and O–H groups in total. The summed E-state index contributed by atoms with van der Waals surface area (Å²) in [5.74, 6) is 0.983. The van der Waals surface area contributed by atoms with Crippen LogP contribution in [-0.2, 0) is 6.42 Å². The highest BCUT2D eigenvalue weighted by Crippen LogP contribution is 2.37. The lowest BCUT2D eigenvalue weighted by Gasteiger charge is -2.39. The molecule has 0 radical (unpaired) electrons. The third-order valence-electron chi connectivity index (χ3n) is 5.19. The normalized spacial score (nSPS) is 26.8. The number of hydrogen-bond acceptors (Lipinski definition) is 4. The summed E-state index contributed by atoms with van der Waals surface area (Å²) < 4.78 is 5.27. The molecule has 1 aliphatic heterocycles. The Balaban J connectivity index is 1.78. The van der Waals surface area contributed by atoms with Crippen molar-refractivity contribution in [3.8, 4) is 5.75 Å². The van der Waals surface area contributed by atoms with E-state index in [4.69, 9.17) is 4.74 Å². The van der Waals surface area contributed by atoms with Crippen LogP contribution in [0.25, 0.3) is 0 Å². The molecule has 120 valence electrons. The number of likely N-dealkylation sites (tertiary alicyclic amines) is 1. The minimum atomic E-state index is -0.332. The van der Waals surface area contributed by atoms with Gasteiger partial charge in [0.25, 0.3) is 0 Å². The molecule has 0 aromatic heterocycles. The molecular weight excluding hydrogens is 278 g/mol. The number of methoxy groups -OCH3 is 1. The number of rotatable bonds is 3. The lowest BCUT2D eigenvalue weighted by Crippen LogP contribution is -2.47. The summed E-state index contributed by atoms with van der Waals surface area (Å²) >= 11 is 0. The van der Waals surface area contributed by atoms with E-state index in [0.29, 0.717) is 0 Å². The largest absolute Gasteiger partial charge is 0.497 e. The summed E-state index contributed by atoms with van der Waals surface area (Å²) in [6.45, 7) is 4.64. The minimum absolute atomic E-state index is 0.170. The molecule has 4 heteroatoms. The smallest absolute Gasteiger partial charge is 0.170 e. The van der Waals surface area contributed by atoms with Gasteiger partial charge < -0.3 is 14.7 Å². The highest BCUT2D eigenvalue weighted by atomic mass is 16.5. The topological polar surface area (TPSA) is 49.8 Å². The molecule has 2 aliphatic rings. The van der Waals surface area contributed by atoms with Crippen LogP contribution in [0.2, 0.25) is 0 Å². The third-order valence-corrected chi connectivity index (χ3v) is 5.19. The number of aliphatic hydroxyl groups is 1. The molecule has 0 bridgehead atoms. The van der Waals surface area contributed by atoms with E-state index in [9.17, 15) is 9.90 Å². The molecule has 1 fully saturated rings. The van der Waals surface area contributed by atoms with E-state index < -0.39 is 0 Å². The molecule has 0 spiro atoms. The van der Waals surface area contributed by atoms with E-state index in [1.165, 1.54) is 0 Å². The lowest BCUT2D eigenvalue weighted by molar-refractivity contribution is 0.0481. The van der Waals surface area contributed by atoms with E-state index in [2.05, 4.69) is 11.8 Å². The number of piperidine rings is 1. The van der Waals surface area contributed by atoms with Crippen LogP contribution in [0.15, 0.2) is 18.2 Å². The Morgan fingerprint density at radius 3 is 2.77 bits per heavy atom. The Kier molecular flexibility index (Phi) is 4.24. The van der Waals surface area contributed by atoms with Crippen molar-refractivity contribution < 1.29 is 14.6 Å². The van der Waals surface area contributed by atoms with Crippen molar-refractivity contribution in [1.29, 1.82) is 0 Å². The molecule has 3 rings (SSSR count). The number of hydrogen-bond donors (Lipinski definition) is 1. The van der Waals surface area contributed by atoms with Crippen LogP contribution >= 0.6 is 0 Å². The summed E-state index contributed by atoms with van der Waals surface area (Å²) in [4.78, 5) is 15.3. The van der Waals surface area contributed by atoms with Crippen molar-refractivity contribution in [3.63, 3.8) is 0 Å². The Morgan fingerprint density at radius 2 is 2.09 bits per heavy atom. The lowest BCUT2D eigenvalue weighted by atomic mass is 9.71. The minimum Gasteiger partial charge on any atom is -0.497 e. The molecule has 1 saturated heterocycles. The number of fused-ring (bicyclic) bond motifs is 1. The summed E-state index contributed by atoms with van der Waals surface area (Å²) in [6.07, 6.45) is 3.29. The highest BCUT2D eigenvalue weighted by Gasteiger charge is 2.40. The van der Waals surface area contributed by atoms with E-state index in [1.54, 1.807) is 7.11 Å². The number of aryl methyl sites for hydroxylation is 1. The van der Waals surface area contributed by atoms with Gasteiger partial charge in [-0.25, -0.2) is 0 Å². The van der Waals surface area contributed by atoms with Crippen LogP contribution < -0.4 is 4.74 Å². The van der Waals surface area contributed by atoms with Crippen molar-refractivity contribution in [3.05, 3.63) is 29.3 Å². The number of carbonyl (C=O) groups excluding carboxylic acids is 1. The summed E-state index contributed by atoms with van der Waals surface area (Å²) in [5, 5.41) is 9.63. The molecule has 0 amide bonds. The predicted octanol–water partition coefficient (Wildman–Crippen LogP) is 2.29. The molecule has 1 unspecified atom stereocenters. The molecule has 22 heavy (non-hydrogen) atoms. The zero-order valence-electron chi connectivity index (χ0n) is 13.5. The molecule has 1 aromatic carbocycles. The second-order valence-corrected chi connectivity index (χ2v) is 6.92. The Morgan fingerprint density at radius 1 is 1.36 bits per heavy atom. The fourth-order valence-electron chi connectivity index (χ4n) is 3.68. The van der Waals surface area contributed by atoms with Crippen molar-refractivity contribution in [2.75, 3.05) is 26.7 Å². The number of Topliss-reactive ketones (excluding diaryl/α,β-unsaturated/α-hetero) is 1. The molecule has 1 atom stereocenters. The number of ether oxygens (including phenoxy) is 1. The van der Waals surface area contributed by atoms with Crippen molar-refractivity contribution >= 4 is 5.78 Å². The first kappa shape index (κ1) is 15.5. The second kappa shape index (κ2) is 6.01. The summed E-state index contributed by atoms with van der Waals surface area (Å²) in [5.41, 5.74) is 1.63. The van der Waals surface area contributed by atoms with Crippen LogP contribution in [0.5, 0.6) is 5.75 Å². The van der Waals surface area contributed by atoms with Gasteiger partial charge >= 0.3 is 0 Å². The van der Waals surface area contributed by atoms with E-state index in [-0.39, 0.29) is 17.3 Å². The van der Waals surface area contributed by atoms with Crippen molar-refractivity contribution in [2.24, 2.45) is 5.41 Å². The van der Waals surface area contributed by atoms with Gasteiger partial charge in [-0.3, -0.25) is 4.79 Å². The van der Waals surface area contributed by atoms with Gasteiger partial charge in [-0.05, 0) is 43.4 Å². The maximum absolute atomic E-state index is 13.0. The second-order valence-electron chi connectivity index (χ2n) is 6.92. The third kappa shape index (κ3) is 2.90. The first-order valence-electron chi connectivity index (χ1n) is 8.14. The van der Waals surface area contributed by atoms with Gasteiger partial charge in [-0.1, -0.05) is 13.0 Å². The van der Waals surface area contributed by atoms with Gasteiger partial charge in [0.2, 0.25) is 0 Å². The van der Waals surface area contributed by atoms with E-state index >= 15 is 0 Å². The Labute approximate surface area is 132 Å². The first-order valence-corrected chi connectivity index (χ1v) is 8.14. The number of carbonyl (C=O) groups is 1. The average molecular weight is 303 g/mol. The van der Waals surface area contributed by atoms with Gasteiger partial charge in [0.1, 0.15) is 5.75 Å². The quantitative estimate of drug-likeness (QED) is 0.931. The predicted molar refractivity (Wildman–Crippen MR) is 85.4 cm³/mol. The van der Waals surface area contributed by atoms with Crippen LogP contribution in [0.3, 0.4) is 0 Å². The maximum Gasteiger partial charge on any atom is 0.170 e. The van der Waals surface area contributed by atoms with Crippen molar-refractivity contribution in [1.82, 2.24) is 4.90 Å². The standard InChI is InChI=1S/C18H25NO3/c1-18(12-19-9-6-14(20)7-10-19)8-5-13-3-4-15(22-2)11-16(13)17(18)21/h3-4,11,14,20H,5-10,12H2,1-2H3. The van der Waals surface area contributed by atoms with E-state index in [0.717, 1.165) is 62.2 Å². The molecule has 4 nitrogen and oxygen atoms in total. The molecule has 1 aromatic rings. The first-order chi connectivity index (χ1) is 10.5. The SMILES string of the molecule is COc1ccc2c(c1)C(=O)C(C)(CN1CCC(O)CC1)CC2. The zero-order chi connectivity index (χ0) is 15.7. The van der Waals surface area contributed by atoms with Gasteiger partial charge in [-0.2, -0.15) is 0 Å². The van der Waals surface area contributed by atoms with Crippen molar-refractivity contribution in [2.45, 2.75) is 38.7 Å². The summed E-state index contributed by atoms with van der Waals surface area (Å²) in [6, 6.07) is 5.83. The summed E-state index contributed by atoms with van der Waals surface area (Å²) in [7, 11) is 1.63. The fourth-order valence-corrected chi connectivity index (χ4v) is 3.68. The zero-order valence-corrected chi connectivity index (χ0v) is 13.5. The Bertz CT molecular complexity index is 563. The van der Waals surface area contributed by atoms with Crippen LogP contribution in [0.1, 0.15) is 42.1 Å². The Hall–Kier alpha value is -1.39. The van der Waals surface area contributed by atoms with Gasteiger partial charge in [0.15, 0.2) is 5.78 Å². The van der Waals surface area contributed by atoms with Gasteiger partial charge in [0, 0.05) is 30.6 Å². The monoisotopic (exact) mass is 303 g/mol. The van der Waals surface area contributed by atoms with Crippen LogP contribution in [0, 0.1) is 5.41 Å². The maximum atomic E-state index is 13.0. The molecular formula is C18H25NO3. The molecule has 1 aliphatic carbocycles. The van der Waals surface area contributed by atoms with Crippen LogP contribution in [-0.4, -0.2) is 48.6 Å². The average Bonchev–Trinajstić information content (AvgIpc) is 2.53. The molecule has 1 heterocycles. The highest BCUT2D eigenvalue weighted by molar-refractivity contribution is 6.03.